The average Bonchev–Trinajstić information content (AvgIpc) is 3.06. The minimum atomic E-state index is -0.553. The lowest BCUT2D eigenvalue weighted by Crippen LogP contribution is -2.10. The fraction of sp³-hybridized carbons (Fsp3) is 0.318. The van der Waals surface area contributed by atoms with E-state index in [1.165, 1.54) is 36.6 Å². The Hall–Kier alpha value is -2.67. The van der Waals surface area contributed by atoms with Gasteiger partial charge in [-0.15, -0.1) is 10.2 Å². The Morgan fingerprint density at radius 1 is 1.14 bits per heavy atom. The number of methoxy groups -OCH3 is 1. The van der Waals surface area contributed by atoms with Crippen LogP contribution in [0.3, 0.4) is 0 Å². The Bertz CT molecular complexity index is 1020. The molecule has 152 valence electrons. The molecule has 0 amide bonds. The van der Waals surface area contributed by atoms with Gasteiger partial charge in [-0.2, -0.15) is 0 Å². The number of hydrogen-bond donors (Lipinski definition) is 0. The summed E-state index contributed by atoms with van der Waals surface area (Å²) >= 11 is 1.27. The molecule has 0 saturated carbocycles. The van der Waals surface area contributed by atoms with Crippen molar-refractivity contribution in [3.63, 3.8) is 0 Å². The minimum absolute atomic E-state index is 0.0840. The third-order valence-electron chi connectivity index (χ3n) is 4.65. The molecule has 5 nitrogen and oxygen atoms in total. The zero-order chi connectivity index (χ0) is 21.2. The van der Waals surface area contributed by atoms with E-state index < -0.39 is 5.82 Å². The van der Waals surface area contributed by atoms with Crippen LogP contribution in [0.15, 0.2) is 47.6 Å². The highest BCUT2D eigenvalue weighted by molar-refractivity contribution is 7.99. The number of carbonyl (C=O) groups excluding carboxylic acids is 1. The second-order valence-electron chi connectivity index (χ2n) is 7.75. The van der Waals surface area contributed by atoms with Crippen LogP contribution in [0.5, 0.6) is 5.75 Å². The van der Waals surface area contributed by atoms with Crippen molar-refractivity contribution in [3.8, 4) is 17.1 Å². The molecule has 0 bridgehead atoms. The van der Waals surface area contributed by atoms with Crippen molar-refractivity contribution in [2.45, 2.75) is 31.3 Å². The molecule has 3 rings (SSSR count). The number of Topliss-reactive ketones (excluding diaryl/α,β-unsaturated/α-hetero) is 1. The van der Waals surface area contributed by atoms with E-state index in [2.05, 4.69) is 43.1 Å². The summed E-state index contributed by atoms with van der Waals surface area (Å²) in [6, 6.07) is 12.5. The third kappa shape index (κ3) is 4.67. The standard InChI is InChI=1S/C22H24FN3O2S/c1-22(2,3)16-9-6-14(7-10-16)20-24-25-21(26(20)4)29-13-18(27)15-8-11-19(28-5)17(23)12-15/h6-12H,13H2,1-5H3. The molecule has 0 saturated heterocycles. The van der Waals surface area contributed by atoms with Gasteiger partial charge in [-0.25, -0.2) is 4.39 Å². The lowest BCUT2D eigenvalue weighted by molar-refractivity contribution is 0.102. The summed E-state index contributed by atoms with van der Waals surface area (Å²) in [5, 5.41) is 9.10. The summed E-state index contributed by atoms with van der Waals surface area (Å²) in [6.07, 6.45) is 0. The molecule has 29 heavy (non-hydrogen) atoms. The summed E-state index contributed by atoms with van der Waals surface area (Å²) < 4.78 is 20.6. The van der Waals surface area contributed by atoms with Crippen molar-refractivity contribution in [1.82, 2.24) is 14.8 Å². The van der Waals surface area contributed by atoms with Gasteiger partial charge in [-0.1, -0.05) is 56.8 Å². The number of ketones is 1. The molecule has 0 N–H and O–H groups in total. The number of hydrogen-bond acceptors (Lipinski definition) is 5. The largest absolute Gasteiger partial charge is 0.494 e. The molecule has 0 aliphatic heterocycles. The van der Waals surface area contributed by atoms with Gasteiger partial charge in [-0.05, 0) is 29.2 Å². The van der Waals surface area contributed by atoms with Crippen LogP contribution < -0.4 is 4.74 Å². The number of benzene rings is 2. The van der Waals surface area contributed by atoms with Gasteiger partial charge in [0.1, 0.15) is 0 Å². The first-order valence-corrected chi connectivity index (χ1v) is 10.2. The maximum absolute atomic E-state index is 13.8. The van der Waals surface area contributed by atoms with Crippen LogP contribution in [0, 0.1) is 5.82 Å². The van der Waals surface area contributed by atoms with E-state index in [1.54, 1.807) is 6.07 Å². The Morgan fingerprint density at radius 3 is 2.41 bits per heavy atom. The average molecular weight is 414 g/mol. The van der Waals surface area contributed by atoms with Crippen molar-refractivity contribution >= 4 is 17.5 Å². The van der Waals surface area contributed by atoms with E-state index in [-0.39, 0.29) is 22.7 Å². The van der Waals surface area contributed by atoms with Crippen LogP contribution in [0.25, 0.3) is 11.4 Å². The van der Waals surface area contributed by atoms with Crippen LogP contribution >= 0.6 is 11.8 Å². The monoisotopic (exact) mass is 413 g/mol. The summed E-state index contributed by atoms with van der Waals surface area (Å²) in [4.78, 5) is 12.4. The Labute approximate surface area is 174 Å². The van der Waals surface area contributed by atoms with Crippen molar-refractivity contribution in [3.05, 3.63) is 59.4 Å². The fourth-order valence-electron chi connectivity index (χ4n) is 2.86. The summed E-state index contributed by atoms with van der Waals surface area (Å²) in [7, 11) is 3.25. The van der Waals surface area contributed by atoms with Gasteiger partial charge in [0.25, 0.3) is 0 Å². The summed E-state index contributed by atoms with van der Waals surface area (Å²) in [5.74, 6) is 0.250. The van der Waals surface area contributed by atoms with E-state index in [9.17, 15) is 9.18 Å². The van der Waals surface area contributed by atoms with Crippen LogP contribution in [-0.4, -0.2) is 33.4 Å². The van der Waals surface area contributed by atoms with Crippen LogP contribution in [-0.2, 0) is 12.5 Å². The summed E-state index contributed by atoms with van der Waals surface area (Å²) in [6.45, 7) is 6.51. The first kappa shape index (κ1) is 21.0. The number of halogens is 1. The Kier molecular flexibility index (Phi) is 6.07. The maximum Gasteiger partial charge on any atom is 0.191 e. The normalized spacial score (nSPS) is 11.5. The Balaban J connectivity index is 1.71. The highest BCUT2D eigenvalue weighted by Gasteiger charge is 2.17. The number of aromatic nitrogens is 3. The molecule has 0 fully saturated rings. The molecular weight excluding hydrogens is 389 g/mol. The smallest absolute Gasteiger partial charge is 0.191 e. The SMILES string of the molecule is COc1ccc(C(=O)CSc2nnc(-c3ccc(C(C)(C)C)cc3)n2C)cc1F. The fourth-order valence-corrected chi connectivity index (χ4v) is 3.67. The molecule has 0 unspecified atom stereocenters. The van der Waals surface area contributed by atoms with Gasteiger partial charge in [0, 0.05) is 18.2 Å². The molecule has 0 aliphatic carbocycles. The van der Waals surface area contributed by atoms with Crippen molar-refractivity contribution in [2.24, 2.45) is 7.05 Å². The third-order valence-corrected chi connectivity index (χ3v) is 5.67. The second-order valence-corrected chi connectivity index (χ2v) is 8.70. The maximum atomic E-state index is 13.8. The van der Waals surface area contributed by atoms with Gasteiger partial charge >= 0.3 is 0 Å². The second kappa shape index (κ2) is 8.37. The first-order chi connectivity index (χ1) is 13.7. The van der Waals surface area contributed by atoms with Crippen molar-refractivity contribution < 1.29 is 13.9 Å². The molecule has 3 aromatic rings. The number of ether oxygens (including phenoxy) is 1. The van der Waals surface area contributed by atoms with E-state index in [4.69, 9.17) is 4.74 Å². The highest BCUT2D eigenvalue weighted by Crippen LogP contribution is 2.27. The van der Waals surface area contributed by atoms with E-state index >= 15 is 0 Å². The number of thioether (sulfide) groups is 1. The zero-order valence-electron chi connectivity index (χ0n) is 17.2. The molecule has 2 aromatic carbocycles. The number of carbonyl (C=O) groups is 1. The Morgan fingerprint density at radius 2 is 1.83 bits per heavy atom. The van der Waals surface area contributed by atoms with E-state index in [0.29, 0.717) is 10.7 Å². The first-order valence-electron chi connectivity index (χ1n) is 9.20. The number of rotatable bonds is 6. The molecule has 7 heteroatoms. The quantitative estimate of drug-likeness (QED) is 0.425. The van der Waals surface area contributed by atoms with E-state index in [1.807, 2.05) is 23.7 Å². The lowest BCUT2D eigenvalue weighted by atomic mass is 9.87. The minimum Gasteiger partial charge on any atom is -0.494 e. The van der Waals surface area contributed by atoms with Crippen LogP contribution in [0.2, 0.25) is 0 Å². The van der Waals surface area contributed by atoms with Crippen molar-refractivity contribution in [2.75, 3.05) is 12.9 Å². The van der Waals surface area contributed by atoms with Gasteiger partial charge < -0.3 is 9.30 Å². The zero-order valence-corrected chi connectivity index (χ0v) is 18.0. The summed E-state index contributed by atoms with van der Waals surface area (Å²) in [5.41, 5.74) is 2.59. The van der Waals surface area contributed by atoms with Crippen LogP contribution in [0.4, 0.5) is 4.39 Å². The van der Waals surface area contributed by atoms with Crippen LogP contribution in [0.1, 0.15) is 36.7 Å². The number of nitrogens with zero attached hydrogens (tertiary/aromatic N) is 3. The van der Waals surface area contributed by atoms with E-state index in [0.717, 1.165) is 11.4 Å². The predicted molar refractivity (Wildman–Crippen MR) is 113 cm³/mol. The molecule has 0 atom stereocenters. The molecule has 1 aromatic heterocycles. The topological polar surface area (TPSA) is 57.0 Å². The molecular formula is C22H24FN3O2S. The van der Waals surface area contributed by atoms with Gasteiger partial charge in [0.05, 0.1) is 12.9 Å². The molecule has 0 aliphatic rings. The molecule has 0 spiro atoms. The predicted octanol–water partition coefficient (Wildman–Crippen LogP) is 4.90. The van der Waals surface area contributed by atoms with Gasteiger partial charge in [0.15, 0.2) is 28.3 Å². The molecule has 0 radical (unpaired) electrons. The highest BCUT2D eigenvalue weighted by atomic mass is 32.2. The molecule has 1 heterocycles. The lowest BCUT2D eigenvalue weighted by Gasteiger charge is -2.19. The van der Waals surface area contributed by atoms with Gasteiger partial charge in [-0.3, -0.25) is 4.79 Å². The van der Waals surface area contributed by atoms with Gasteiger partial charge in [0.2, 0.25) is 0 Å². The van der Waals surface area contributed by atoms with Crippen molar-refractivity contribution in [1.29, 1.82) is 0 Å².